The maximum absolute atomic E-state index is 12.2. The zero-order valence-corrected chi connectivity index (χ0v) is 15.5. The van der Waals surface area contributed by atoms with Gasteiger partial charge in [-0.1, -0.05) is 44.3 Å². The third-order valence-electron chi connectivity index (χ3n) is 3.05. The summed E-state index contributed by atoms with van der Waals surface area (Å²) in [5.41, 5.74) is 0. The monoisotopic (exact) mass is 344 g/mol. The Labute approximate surface area is 140 Å². The number of carbonyl (C=O) groups excluding carboxylic acids is 2. The second-order valence-corrected chi connectivity index (χ2v) is 7.44. The molecule has 0 aliphatic heterocycles. The van der Waals surface area contributed by atoms with Crippen LogP contribution in [0.2, 0.25) is 0 Å². The molecule has 8 heteroatoms. The fraction of sp³-hybridized carbons (Fsp3) is 0.714. The number of aromatic nitrogens is 3. The second kappa shape index (κ2) is 9.19. The van der Waals surface area contributed by atoms with Crippen LogP contribution in [-0.4, -0.2) is 56.4 Å². The van der Waals surface area contributed by atoms with Crippen molar-refractivity contribution >= 4 is 34.7 Å². The normalized spacial score (nSPS) is 12.2. The van der Waals surface area contributed by atoms with E-state index in [0.29, 0.717) is 23.2 Å². The van der Waals surface area contributed by atoms with Crippen LogP contribution in [0.4, 0.5) is 4.79 Å². The van der Waals surface area contributed by atoms with Gasteiger partial charge in [-0.25, -0.2) is 9.78 Å². The van der Waals surface area contributed by atoms with Crippen LogP contribution in [0.15, 0.2) is 5.16 Å². The quantitative estimate of drug-likeness (QED) is 0.708. The van der Waals surface area contributed by atoms with Crippen LogP contribution in [0.25, 0.3) is 0 Å². The van der Waals surface area contributed by atoms with Crippen LogP contribution < -0.4 is 0 Å². The average molecular weight is 345 g/mol. The van der Waals surface area contributed by atoms with E-state index in [-0.39, 0.29) is 17.1 Å². The lowest BCUT2D eigenvalue weighted by molar-refractivity contribution is -0.110. The molecule has 1 atom stereocenters. The second-order valence-electron chi connectivity index (χ2n) is 5.05. The van der Waals surface area contributed by atoms with Crippen molar-refractivity contribution in [2.75, 3.05) is 25.6 Å². The Morgan fingerprint density at radius 3 is 2.55 bits per heavy atom. The van der Waals surface area contributed by atoms with Gasteiger partial charge < -0.3 is 4.90 Å². The first kappa shape index (κ1) is 19.0. The highest BCUT2D eigenvalue weighted by Crippen LogP contribution is 2.23. The van der Waals surface area contributed by atoms with Gasteiger partial charge in [0.05, 0.1) is 0 Å². The van der Waals surface area contributed by atoms with Crippen molar-refractivity contribution in [2.24, 2.45) is 0 Å². The fourth-order valence-electron chi connectivity index (χ4n) is 1.57. The van der Waals surface area contributed by atoms with Crippen molar-refractivity contribution in [3.8, 4) is 0 Å². The van der Waals surface area contributed by atoms with Crippen molar-refractivity contribution in [1.29, 1.82) is 0 Å². The van der Waals surface area contributed by atoms with Crippen LogP contribution >= 0.6 is 23.5 Å². The molecule has 0 spiro atoms. The highest BCUT2D eigenvalue weighted by atomic mass is 32.2. The molecule has 22 heavy (non-hydrogen) atoms. The number of amides is 1. The van der Waals surface area contributed by atoms with Gasteiger partial charge in [0, 0.05) is 32.2 Å². The van der Waals surface area contributed by atoms with Gasteiger partial charge >= 0.3 is 6.03 Å². The Morgan fingerprint density at radius 1 is 1.32 bits per heavy atom. The molecular weight excluding hydrogens is 320 g/mol. The van der Waals surface area contributed by atoms with E-state index in [4.69, 9.17) is 0 Å². The van der Waals surface area contributed by atoms with E-state index in [2.05, 4.69) is 17.0 Å². The smallest absolute Gasteiger partial charge is 0.329 e. The Balaban J connectivity index is 2.84. The van der Waals surface area contributed by atoms with E-state index >= 15 is 0 Å². The van der Waals surface area contributed by atoms with Crippen molar-refractivity contribution in [1.82, 2.24) is 19.7 Å². The molecule has 1 unspecified atom stereocenters. The molecule has 0 aliphatic rings. The lowest BCUT2D eigenvalue weighted by Crippen LogP contribution is -2.29. The molecule has 0 fully saturated rings. The van der Waals surface area contributed by atoms with Crippen molar-refractivity contribution in [3.05, 3.63) is 5.82 Å². The molecule has 1 heterocycles. The minimum atomic E-state index is -0.223. The Kier molecular flexibility index (Phi) is 7.95. The minimum Gasteiger partial charge on any atom is -0.329 e. The van der Waals surface area contributed by atoms with Crippen LogP contribution in [0.1, 0.15) is 45.4 Å². The zero-order chi connectivity index (χ0) is 16.7. The fourth-order valence-corrected chi connectivity index (χ4v) is 3.14. The first-order valence-corrected chi connectivity index (χ1v) is 9.34. The van der Waals surface area contributed by atoms with Gasteiger partial charge in [0.15, 0.2) is 16.1 Å². The van der Waals surface area contributed by atoms with E-state index in [1.807, 2.05) is 13.8 Å². The molecule has 1 amide bonds. The summed E-state index contributed by atoms with van der Waals surface area (Å²) in [5.74, 6) is 2.27. The van der Waals surface area contributed by atoms with Gasteiger partial charge in [-0.2, -0.15) is 4.68 Å². The lowest BCUT2D eigenvalue weighted by atomic mass is 10.1. The molecule has 0 aliphatic carbocycles. The Morgan fingerprint density at radius 2 is 2.00 bits per heavy atom. The van der Waals surface area contributed by atoms with E-state index in [0.717, 1.165) is 12.2 Å². The molecule has 0 bridgehead atoms. The summed E-state index contributed by atoms with van der Waals surface area (Å²) in [6.45, 7) is 6.06. The van der Waals surface area contributed by atoms with Gasteiger partial charge in [-0.15, -0.1) is 5.10 Å². The summed E-state index contributed by atoms with van der Waals surface area (Å²) in [7, 11) is 3.37. The standard InChI is InChI=1S/C14H24N4O2S2/c1-6-10(3)12-15-13(18(16-12)14(20)17(4)5)22-9-8-11(19)21-7-2/h10H,6-9H2,1-5H3. The summed E-state index contributed by atoms with van der Waals surface area (Å²) < 4.78 is 1.34. The Bertz CT molecular complexity index is 517. The summed E-state index contributed by atoms with van der Waals surface area (Å²) in [6, 6.07) is -0.223. The zero-order valence-electron chi connectivity index (χ0n) is 13.8. The third-order valence-corrected chi connectivity index (χ3v) is 4.80. The predicted molar refractivity (Wildman–Crippen MR) is 91.7 cm³/mol. The van der Waals surface area contributed by atoms with Crippen LogP contribution in [0, 0.1) is 0 Å². The summed E-state index contributed by atoms with van der Waals surface area (Å²) in [5, 5.41) is 5.07. The number of hydrogen-bond donors (Lipinski definition) is 0. The number of hydrogen-bond acceptors (Lipinski definition) is 6. The van der Waals surface area contributed by atoms with Crippen molar-refractivity contribution in [3.63, 3.8) is 0 Å². The summed E-state index contributed by atoms with van der Waals surface area (Å²) in [6.07, 6.45) is 1.38. The highest BCUT2D eigenvalue weighted by Gasteiger charge is 2.20. The van der Waals surface area contributed by atoms with E-state index < -0.39 is 0 Å². The minimum absolute atomic E-state index is 0.169. The molecule has 6 nitrogen and oxygen atoms in total. The van der Waals surface area contributed by atoms with Gasteiger partial charge in [0.25, 0.3) is 0 Å². The predicted octanol–water partition coefficient (Wildman–Crippen LogP) is 3.08. The molecular formula is C14H24N4O2S2. The van der Waals surface area contributed by atoms with E-state index in [1.165, 1.54) is 33.1 Å². The van der Waals surface area contributed by atoms with E-state index in [1.54, 1.807) is 14.1 Å². The van der Waals surface area contributed by atoms with E-state index in [9.17, 15) is 9.59 Å². The summed E-state index contributed by atoms with van der Waals surface area (Å²) >= 11 is 2.73. The highest BCUT2D eigenvalue weighted by molar-refractivity contribution is 8.13. The molecule has 1 aromatic rings. The number of rotatable bonds is 7. The molecule has 1 rings (SSSR count). The largest absolute Gasteiger partial charge is 0.346 e. The first-order valence-electron chi connectivity index (χ1n) is 7.37. The lowest BCUT2D eigenvalue weighted by Gasteiger charge is -2.10. The first-order chi connectivity index (χ1) is 10.4. The average Bonchev–Trinajstić information content (AvgIpc) is 2.89. The topological polar surface area (TPSA) is 68.1 Å². The molecule has 124 valence electrons. The van der Waals surface area contributed by atoms with Crippen molar-refractivity contribution < 1.29 is 9.59 Å². The molecule has 0 saturated heterocycles. The number of nitrogens with zero attached hydrogens (tertiary/aromatic N) is 4. The van der Waals surface area contributed by atoms with Gasteiger partial charge in [-0.3, -0.25) is 4.79 Å². The Hall–Kier alpha value is -1.02. The SMILES string of the molecule is CCSC(=O)CCSc1nc(C(C)CC)nn1C(=O)N(C)C. The molecule has 0 N–H and O–H groups in total. The maximum atomic E-state index is 12.2. The van der Waals surface area contributed by atoms with Gasteiger partial charge in [-0.05, 0) is 12.2 Å². The van der Waals surface area contributed by atoms with Gasteiger partial charge in [0.2, 0.25) is 0 Å². The molecule has 0 radical (unpaired) electrons. The summed E-state index contributed by atoms with van der Waals surface area (Å²) in [4.78, 5) is 29.7. The van der Waals surface area contributed by atoms with Crippen molar-refractivity contribution in [2.45, 2.75) is 44.7 Å². The molecule has 0 saturated carbocycles. The molecule has 0 aromatic carbocycles. The van der Waals surface area contributed by atoms with Crippen LogP contribution in [0.5, 0.6) is 0 Å². The van der Waals surface area contributed by atoms with Crippen LogP contribution in [0.3, 0.4) is 0 Å². The number of thioether (sulfide) groups is 2. The van der Waals surface area contributed by atoms with Crippen LogP contribution in [-0.2, 0) is 4.79 Å². The molecule has 1 aromatic heterocycles. The van der Waals surface area contributed by atoms with Gasteiger partial charge in [0.1, 0.15) is 0 Å². The number of carbonyl (C=O) groups is 2. The maximum Gasteiger partial charge on any atom is 0.346 e. The third kappa shape index (κ3) is 5.31.